The lowest BCUT2D eigenvalue weighted by molar-refractivity contribution is 0.318. The molecule has 0 aliphatic rings. The molecule has 0 radical (unpaired) electrons. The Morgan fingerprint density at radius 1 is 1.50 bits per heavy atom. The van der Waals surface area contributed by atoms with Crippen LogP contribution >= 0.6 is 11.6 Å². The molecule has 7 heteroatoms. The molecule has 3 N–H and O–H groups in total. The second kappa shape index (κ2) is 5.50. The lowest BCUT2D eigenvalue weighted by Crippen LogP contribution is -2.18. The third kappa shape index (κ3) is 2.60. The van der Waals surface area contributed by atoms with E-state index in [1.54, 1.807) is 17.7 Å². The van der Waals surface area contributed by atoms with Gasteiger partial charge in [-0.05, 0) is 31.5 Å². The van der Waals surface area contributed by atoms with Gasteiger partial charge in [0.1, 0.15) is 5.82 Å². The van der Waals surface area contributed by atoms with E-state index >= 15 is 0 Å². The van der Waals surface area contributed by atoms with E-state index in [1.807, 2.05) is 6.92 Å². The fourth-order valence-corrected chi connectivity index (χ4v) is 2.10. The highest BCUT2D eigenvalue weighted by Crippen LogP contribution is 2.21. The quantitative estimate of drug-likeness (QED) is 0.395. The molecule has 1 aromatic heterocycles. The van der Waals surface area contributed by atoms with E-state index in [0.29, 0.717) is 22.7 Å². The normalized spacial score (nSPS) is 11.9. The van der Waals surface area contributed by atoms with Crippen LogP contribution in [0.1, 0.15) is 22.5 Å². The number of benzene rings is 1. The molecule has 0 unspecified atom stereocenters. The van der Waals surface area contributed by atoms with E-state index in [0.717, 1.165) is 11.4 Å². The van der Waals surface area contributed by atoms with Crippen molar-refractivity contribution >= 4 is 17.4 Å². The smallest absolute Gasteiger partial charge is 0.170 e. The van der Waals surface area contributed by atoms with Gasteiger partial charge in [-0.2, -0.15) is 5.10 Å². The minimum atomic E-state index is -0.457. The molecule has 106 valence electrons. The van der Waals surface area contributed by atoms with Crippen LogP contribution in [0.3, 0.4) is 0 Å². The van der Waals surface area contributed by atoms with E-state index in [4.69, 9.17) is 22.5 Å². The Kier molecular flexibility index (Phi) is 3.94. The largest absolute Gasteiger partial charge is 0.409 e. The summed E-state index contributed by atoms with van der Waals surface area (Å²) >= 11 is 6.09. The summed E-state index contributed by atoms with van der Waals surface area (Å²) in [6, 6.07) is 4.11. The van der Waals surface area contributed by atoms with Crippen molar-refractivity contribution in [3.05, 3.63) is 51.6 Å². The number of hydrogen-bond donors (Lipinski definition) is 2. The first-order chi connectivity index (χ1) is 9.43. The summed E-state index contributed by atoms with van der Waals surface area (Å²) in [5.74, 6) is -0.603. The number of rotatable bonds is 3. The predicted octanol–water partition coefficient (Wildman–Crippen LogP) is 2.44. The van der Waals surface area contributed by atoms with E-state index in [-0.39, 0.29) is 5.84 Å². The monoisotopic (exact) mass is 296 g/mol. The van der Waals surface area contributed by atoms with Gasteiger partial charge < -0.3 is 10.9 Å². The van der Waals surface area contributed by atoms with Gasteiger partial charge in [0, 0.05) is 5.56 Å². The molecule has 0 spiro atoms. The Balaban J connectivity index is 2.46. The second-order valence-electron chi connectivity index (χ2n) is 4.43. The number of aryl methyl sites for hydroxylation is 1. The van der Waals surface area contributed by atoms with Crippen molar-refractivity contribution in [1.29, 1.82) is 0 Å². The summed E-state index contributed by atoms with van der Waals surface area (Å²) in [5, 5.41) is 16.6. The molecule has 1 aromatic carbocycles. The van der Waals surface area contributed by atoms with Crippen molar-refractivity contribution in [1.82, 2.24) is 9.78 Å². The molecule has 2 aromatic rings. The third-order valence-electron chi connectivity index (χ3n) is 3.07. The summed E-state index contributed by atoms with van der Waals surface area (Å²) in [7, 11) is 0. The van der Waals surface area contributed by atoms with Gasteiger partial charge in [0.25, 0.3) is 0 Å². The SMILES string of the molecule is Cc1nn(Cc2ccc(F)cc2C(N)=NO)c(C)c1Cl. The average molecular weight is 297 g/mol. The fraction of sp³-hybridized carbons (Fsp3) is 0.231. The van der Waals surface area contributed by atoms with Gasteiger partial charge in [-0.15, -0.1) is 0 Å². The van der Waals surface area contributed by atoms with Gasteiger partial charge in [0.05, 0.1) is 23.0 Å². The van der Waals surface area contributed by atoms with Crippen molar-refractivity contribution in [2.24, 2.45) is 10.9 Å². The number of hydrogen-bond acceptors (Lipinski definition) is 3. The van der Waals surface area contributed by atoms with Crippen LogP contribution in [0.4, 0.5) is 4.39 Å². The zero-order valence-corrected chi connectivity index (χ0v) is 11.8. The maximum Gasteiger partial charge on any atom is 0.170 e. The molecule has 1 heterocycles. The van der Waals surface area contributed by atoms with Gasteiger partial charge in [-0.3, -0.25) is 4.68 Å². The van der Waals surface area contributed by atoms with Gasteiger partial charge in [-0.25, -0.2) is 4.39 Å². The molecule has 0 saturated carbocycles. The summed E-state index contributed by atoms with van der Waals surface area (Å²) < 4.78 is 15.0. The zero-order valence-electron chi connectivity index (χ0n) is 11.1. The molecule has 0 bridgehead atoms. The van der Waals surface area contributed by atoms with Gasteiger partial charge in [-0.1, -0.05) is 22.8 Å². The number of amidine groups is 1. The Morgan fingerprint density at radius 2 is 2.20 bits per heavy atom. The van der Waals surface area contributed by atoms with Crippen molar-refractivity contribution in [3.8, 4) is 0 Å². The van der Waals surface area contributed by atoms with Crippen LogP contribution < -0.4 is 5.73 Å². The first kappa shape index (κ1) is 14.3. The highest BCUT2D eigenvalue weighted by molar-refractivity contribution is 6.31. The van der Waals surface area contributed by atoms with Crippen molar-refractivity contribution in [2.45, 2.75) is 20.4 Å². The van der Waals surface area contributed by atoms with Crippen molar-refractivity contribution < 1.29 is 9.60 Å². The van der Waals surface area contributed by atoms with Gasteiger partial charge >= 0.3 is 0 Å². The number of aromatic nitrogens is 2. The van der Waals surface area contributed by atoms with Crippen LogP contribution in [-0.2, 0) is 6.54 Å². The Morgan fingerprint density at radius 3 is 2.75 bits per heavy atom. The zero-order chi connectivity index (χ0) is 14.9. The number of halogens is 2. The standard InChI is InChI=1S/C13H14ClFN4O/c1-7-12(14)8(2)19(17-7)6-9-3-4-10(15)5-11(9)13(16)18-20/h3-5,20H,6H2,1-2H3,(H2,16,18). The molecule has 0 amide bonds. The van der Waals surface area contributed by atoms with E-state index in [9.17, 15) is 4.39 Å². The fourth-order valence-electron chi connectivity index (χ4n) is 1.97. The molecule has 0 atom stereocenters. The predicted molar refractivity (Wildman–Crippen MR) is 74.7 cm³/mol. The molecule has 2 rings (SSSR count). The van der Waals surface area contributed by atoms with E-state index < -0.39 is 5.82 Å². The summed E-state index contributed by atoms with van der Waals surface area (Å²) in [4.78, 5) is 0. The summed E-state index contributed by atoms with van der Waals surface area (Å²) in [6.07, 6.45) is 0. The molecule has 0 saturated heterocycles. The topological polar surface area (TPSA) is 76.4 Å². The minimum Gasteiger partial charge on any atom is -0.409 e. The van der Waals surface area contributed by atoms with Crippen LogP contribution in [0.5, 0.6) is 0 Å². The molecule has 20 heavy (non-hydrogen) atoms. The van der Waals surface area contributed by atoms with Crippen LogP contribution in [0.15, 0.2) is 23.4 Å². The minimum absolute atomic E-state index is 0.146. The number of nitrogens with zero attached hydrogens (tertiary/aromatic N) is 3. The van der Waals surface area contributed by atoms with Crippen LogP contribution in [0.25, 0.3) is 0 Å². The lowest BCUT2D eigenvalue weighted by Gasteiger charge is -2.10. The second-order valence-corrected chi connectivity index (χ2v) is 4.81. The maximum atomic E-state index is 13.3. The van der Waals surface area contributed by atoms with Crippen LogP contribution in [0.2, 0.25) is 5.02 Å². The lowest BCUT2D eigenvalue weighted by atomic mass is 10.1. The Hall–Kier alpha value is -2.08. The van der Waals surface area contributed by atoms with E-state index in [2.05, 4.69) is 10.3 Å². The summed E-state index contributed by atoms with van der Waals surface area (Å²) in [5.41, 5.74) is 8.11. The first-order valence-electron chi connectivity index (χ1n) is 5.90. The van der Waals surface area contributed by atoms with Crippen LogP contribution in [-0.4, -0.2) is 20.8 Å². The van der Waals surface area contributed by atoms with E-state index in [1.165, 1.54) is 12.1 Å². The van der Waals surface area contributed by atoms with Gasteiger partial charge in [0.2, 0.25) is 0 Å². The molecule has 5 nitrogen and oxygen atoms in total. The third-order valence-corrected chi connectivity index (χ3v) is 3.62. The first-order valence-corrected chi connectivity index (χ1v) is 6.27. The van der Waals surface area contributed by atoms with Crippen molar-refractivity contribution in [2.75, 3.05) is 0 Å². The number of nitrogens with two attached hydrogens (primary N) is 1. The summed E-state index contributed by atoms with van der Waals surface area (Å²) in [6.45, 7) is 4.00. The number of oxime groups is 1. The van der Waals surface area contributed by atoms with Crippen molar-refractivity contribution in [3.63, 3.8) is 0 Å². The molecular weight excluding hydrogens is 283 g/mol. The molecular formula is C13H14ClFN4O. The Labute approximate surface area is 120 Å². The van der Waals surface area contributed by atoms with Gasteiger partial charge in [0.15, 0.2) is 5.84 Å². The van der Waals surface area contributed by atoms with Crippen LogP contribution in [0, 0.1) is 19.7 Å². The molecule has 0 aliphatic heterocycles. The Bertz CT molecular complexity index is 681. The molecule has 0 fully saturated rings. The highest BCUT2D eigenvalue weighted by Gasteiger charge is 2.13. The maximum absolute atomic E-state index is 13.3. The molecule has 0 aliphatic carbocycles. The highest BCUT2D eigenvalue weighted by atomic mass is 35.5. The average Bonchev–Trinajstić information content (AvgIpc) is 2.67.